The second kappa shape index (κ2) is 8.70. The highest BCUT2D eigenvalue weighted by Gasteiger charge is 2.19. The fourth-order valence-corrected chi connectivity index (χ4v) is 2.13. The van der Waals surface area contributed by atoms with Gasteiger partial charge in [0.2, 0.25) is 0 Å². The normalized spacial score (nSPS) is 11.3. The van der Waals surface area contributed by atoms with Gasteiger partial charge < -0.3 is 19.8 Å². The van der Waals surface area contributed by atoms with Crippen molar-refractivity contribution in [2.45, 2.75) is 26.8 Å². The van der Waals surface area contributed by atoms with Crippen molar-refractivity contribution in [3.63, 3.8) is 0 Å². The van der Waals surface area contributed by atoms with Gasteiger partial charge in [-0.2, -0.15) is 0 Å². The Labute approximate surface area is 150 Å². The molecule has 0 spiro atoms. The van der Waals surface area contributed by atoms with Gasteiger partial charge in [-0.25, -0.2) is 4.79 Å². The topological polar surface area (TPSA) is 110 Å². The lowest BCUT2D eigenvalue weighted by Crippen LogP contribution is -2.36. The van der Waals surface area contributed by atoms with Crippen molar-refractivity contribution in [3.8, 4) is 0 Å². The molecule has 1 aromatic heterocycles. The quantitative estimate of drug-likeness (QED) is 0.711. The van der Waals surface area contributed by atoms with Crippen LogP contribution in [-0.4, -0.2) is 24.5 Å². The number of benzene rings is 1. The van der Waals surface area contributed by atoms with Crippen LogP contribution in [0.3, 0.4) is 0 Å². The molecule has 2 aromatic rings. The van der Waals surface area contributed by atoms with Crippen LogP contribution in [0.1, 0.15) is 31.4 Å². The maximum absolute atomic E-state index is 12.0. The molecule has 0 bridgehead atoms. The van der Waals surface area contributed by atoms with E-state index >= 15 is 0 Å². The highest BCUT2D eigenvalue weighted by molar-refractivity contribution is 6.39. The Morgan fingerprint density at radius 2 is 1.62 bits per heavy atom. The third kappa shape index (κ3) is 5.37. The number of carbonyl (C=O) groups excluding carboxylic acids is 3. The van der Waals surface area contributed by atoms with E-state index in [9.17, 15) is 14.4 Å². The second-order valence-corrected chi connectivity index (χ2v) is 5.52. The molecule has 0 unspecified atom stereocenters. The first-order valence-corrected chi connectivity index (χ1v) is 8.11. The molecule has 8 heteroatoms. The predicted octanol–water partition coefficient (Wildman–Crippen LogP) is 2.97. The average Bonchev–Trinajstić information content (AvgIpc) is 3.03. The number of hydrogen-bond acceptors (Lipinski definition) is 5. The molecule has 1 heterocycles. The summed E-state index contributed by atoms with van der Waals surface area (Å²) >= 11 is 0. The fourth-order valence-electron chi connectivity index (χ4n) is 2.13. The summed E-state index contributed by atoms with van der Waals surface area (Å²) in [6.07, 6.45) is -0.564. The van der Waals surface area contributed by atoms with Gasteiger partial charge in [-0.15, -0.1) is 0 Å². The van der Waals surface area contributed by atoms with Crippen LogP contribution in [0.2, 0.25) is 0 Å². The molecule has 8 nitrogen and oxygen atoms in total. The first-order chi connectivity index (χ1) is 12.4. The minimum absolute atomic E-state index is 0.269. The zero-order valence-corrected chi connectivity index (χ0v) is 14.8. The van der Waals surface area contributed by atoms with E-state index in [-0.39, 0.29) is 6.61 Å². The minimum atomic E-state index is -0.800. The van der Waals surface area contributed by atoms with Gasteiger partial charge in [0.25, 0.3) is 0 Å². The molecule has 0 fully saturated rings. The van der Waals surface area contributed by atoms with Gasteiger partial charge in [0.15, 0.2) is 0 Å². The summed E-state index contributed by atoms with van der Waals surface area (Å²) in [6.45, 7) is 5.49. The summed E-state index contributed by atoms with van der Waals surface area (Å²) in [5, 5.41) is 7.58. The molecular formula is C18H21N3O5. The van der Waals surface area contributed by atoms with E-state index in [2.05, 4.69) is 16.0 Å². The first-order valence-electron chi connectivity index (χ1n) is 8.11. The van der Waals surface area contributed by atoms with Crippen LogP contribution in [0.4, 0.5) is 16.2 Å². The molecule has 26 heavy (non-hydrogen) atoms. The van der Waals surface area contributed by atoms with Gasteiger partial charge in [0.1, 0.15) is 11.5 Å². The number of aryl methyl sites for hydroxylation is 1. The number of hydrogen-bond donors (Lipinski definition) is 3. The Balaban J connectivity index is 1.88. The SMILES string of the molecule is CCOC(=O)Nc1ccc(NC(=O)C(=O)N[C@H](C)c2ccc(C)o2)cc1. The third-order valence-electron chi connectivity index (χ3n) is 3.41. The van der Waals surface area contributed by atoms with Crippen molar-refractivity contribution >= 4 is 29.3 Å². The molecule has 138 valence electrons. The molecule has 0 aliphatic rings. The molecule has 1 aromatic carbocycles. The third-order valence-corrected chi connectivity index (χ3v) is 3.41. The van der Waals surface area contributed by atoms with Gasteiger partial charge in [-0.1, -0.05) is 0 Å². The van der Waals surface area contributed by atoms with Crippen LogP contribution >= 0.6 is 0 Å². The summed E-state index contributed by atoms with van der Waals surface area (Å²) in [7, 11) is 0. The van der Waals surface area contributed by atoms with Gasteiger partial charge in [0, 0.05) is 11.4 Å². The monoisotopic (exact) mass is 359 g/mol. The highest BCUT2D eigenvalue weighted by atomic mass is 16.5. The Morgan fingerprint density at radius 3 is 2.15 bits per heavy atom. The minimum Gasteiger partial charge on any atom is -0.464 e. The Kier molecular flexibility index (Phi) is 6.37. The highest BCUT2D eigenvalue weighted by Crippen LogP contribution is 2.16. The molecule has 2 rings (SSSR count). The maximum Gasteiger partial charge on any atom is 0.411 e. The molecule has 0 saturated carbocycles. The number of anilines is 2. The van der Waals surface area contributed by atoms with E-state index < -0.39 is 23.9 Å². The van der Waals surface area contributed by atoms with Crippen LogP contribution in [0.15, 0.2) is 40.8 Å². The molecule has 1 atom stereocenters. The summed E-state index contributed by atoms with van der Waals surface area (Å²) in [5.41, 5.74) is 0.925. The van der Waals surface area contributed by atoms with Gasteiger partial charge in [-0.3, -0.25) is 14.9 Å². The smallest absolute Gasteiger partial charge is 0.411 e. The van der Waals surface area contributed by atoms with Gasteiger partial charge in [-0.05, 0) is 57.2 Å². The maximum atomic E-state index is 12.0. The number of nitrogens with one attached hydrogen (secondary N) is 3. The van der Waals surface area contributed by atoms with Crippen LogP contribution < -0.4 is 16.0 Å². The van der Waals surface area contributed by atoms with Crippen molar-refractivity contribution in [1.29, 1.82) is 0 Å². The zero-order chi connectivity index (χ0) is 19.1. The Hall–Kier alpha value is -3.29. The molecule has 0 aliphatic carbocycles. The van der Waals surface area contributed by atoms with Gasteiger partial charge >= 0.3 is 17.9 Å². The summed E-state index contributed by atoms with van der Waals surface area (Å²) < 4.78 is 10.2. The molecule has 3 N–H and O–H groups in total. The Morgan fingerprint density at radius 1 is 1.00 bits per heavy atom. The van der Waals surface area contributed by atoms with Crippen LogP contribution in [0.5, 0.6) is 0 Å². The van der Waals surface area contributed by atoms with E-state index in [1.54, 1.807) is 57.2 Å². The molecule has 0 saturated heterocycles. The summed E-state index contributed by atoms with van der Waals surface area (Å²) in [4.78, 5) is 35.3. The largest absolute Gasteiger partial charge is 0.464 e. The van der Waals surface area contributed by atoms with E-state index in [1.807, 2.05) is 0 Å². The lowest BCUT2D eigenvalue weighted by Gasteiger charge is -2.12. The van der Waals surface area contributed by atoms with Crippen molar-refractivity contribution in [2.24, 2.45) is 0 Å². The molecule has 3 amide bonds. The van der Waals surface area contributed by atoms with E-state index in [4.69, 9.17) is 9.15 Å². The summed E-state index contributed by atoms with van der Waals surface area (Å²) in [5.74, 6) is -0.286. The molecule has 0 aliphatic heterocycles. The fraction of sp³-hybridized carbons (Fsp3) is 0.278. The van der Waals surface area contributed by atoms with Crippen molar-refractivity contribution < 1.29 is 23.5 Å². The predicted molar refractivity (Wildman–Crippen MR) is 95.7 cm³/mol. The molecular weight excluding hydrogens is 338 g/mol. The standard InChI is InChI=1S/C18H21N3O5/c1-4-25-18(24)21-14-8-6-13(7-9-14)20-17(23)16(22)19-12(3)15-10-5-11(2)26-15/h5-10,12H,4H2,1-3H3,(H,19,22)(H,20,23)(H,21,24)/t12-/m1/s1. The first kappa shape index (κ1) is 19.0. The van der Waals surface area contributed by atoms with E-state index in [0.717, 1.165) is 5.76 Å². The van der Waals surface area contributed by atoms with Crippen LogP contribution in [0.25, 0.3) is 0 Å². The lowest BCUT2D eigenvalue weighted by atomic mass is 10.2. The van der Waals surface area contributed by atoms with Gasteiger partial charge in [0.05, 0.1) is 12.6 Å². The van der Waals surface area contributed by atoms with Crippen molar-refractivity contribution in [1.82, 2.24) is 5.32 Å². The van der Waals surface area contributed by atoms with Crippen LogP contribution in [0, 0.1) is 6.92 Å². The second-order valence-electron chi connectivity index (χ2n) is 5.52. The lowest BCUT2D eigenvalue weighted by molar-refractivity contribution is -0.136. The zero-order valence-electron chi connectivity index (χ0n) is 14.8. The van der Waals surface area contributed by atoms with Crippen molar-refractivity contribution in [2.75, 3.05) is 17.2 Å². The number of carbonyl (C=O) groups is 3. The van der Waals surface area contributed by atoms with Crippen LogP contribution in [-0.2, 0) is 14.3 Å². The number of amides is 3. The Bertz CT molecular complexity index is 782. The summed E-state index contributed by atoms with van der Waals surface area (Å²) in [6, 6.07) is 9.38. The number of ether oxygens (including phenoxy) is 1. The molecule has 0 radical (unpaired) electrons. The average molecular weight is 359 g/mol. The number of furan rings is 1. The van der Waals surface area contributed by atoms with E-state index in [0.29, 0.717) is 17.1 Å². The van der Waals surface area contributed by atoms with E-state index in [1.165, 1.54) is 0 Å². The number of rotatable bonds is 5. The van der Waals surface area contributed by atoms with Crippen molar-refractivity contribution in [3.05, 3.63) is 47.9 Å².